The van der Waals surface area contributed by atoms with Crippen molar-refractivity contribution in [3.63, 3.8) is 0 Å². The highest BCUT2D eigenvalue weighted by Gasteiger charge is 2.21. The molecule has 116 valence electrons. The number of carbonyl (C=O) groups excluding carboxylic acids is 1. The van der Waals surface area contributed by atoms with Crippen LogP contribution in [0.1, 0.15) is 12.5 Å². The Morgan fingerprint density at radius 1 is 1.24 bits per heavy atom. The van der Waals surface area contributed by atoms with Gasteiger partial charge in [-0.25, -0.2) is 9.59 Å². The van der Waals surface area contributed by atoms with E-state index in [1.54, 1.807) is 25.3 Å². The summed E-state index contributed by atoms with van der Waals surface area (Å²) in [5.74, 6) is -0.773. The topological polar surface area (TPSA) is 95.5 Å². The summed E-state index contributed by atoms with van der Waals surface area (Å²) < 4.78 is 11.1. The average Bonchev–Trinajstić information content (AvgIpc) is 2.37. The van der Waals surface area contributed by atoms with Gasteiger partial charge in [0.05, 0.1) is 0 Å². The van der Waals surface area contributed by atoms with Gasteiger partial charge in [-0.1, -0.05) is 30.3 Å². The van der Waals surface area contributed by atoms with Gasteiger partial charge in [0.25, 0.3) is 0 Å². The molecule has 0 aliphatic rings. The maximum atomic E-state index is 11.8. The molecular formula is C14H20N2O4S. The quantitative estimate of drug-likeness (QED) is 0.692. The summed E-state index contributed by atoms with van der Waals surface area (Å²) in [6.07, 6.45) is 1.75. The molecule has 3 unspecified atom stereocenters. The first kappa shape index (κ1) is 17.2. The highest BCUT2D eigenvalue weighted by Crippen LogP contribution is 2.03. The number of urea groups is 1. The number of hydrogen-bond acceptors (Lipinski definition) is 3. The predicted octanol–water partition coefficient (Wildman–Crippen LogP) is 0.748. The molecule has 0 aromatic heterocycles. The molecule has 0 aliphatic heterocycles. The van der Waals surface area contributed by atoms with E-state index in [0.717, 1.165) is 5.56 Å². The second-order valence-electron chi connectivity index (χ2n) is 4.84. The van der Waals surface area contributed by atoms with Gasteiger partial charge in [0.1, 0.15) is 6.04 Å². The fourth-order valence-corrected chi connectivity index (χ4v) is 2.65. The van der Waals surface area contributed by atoms with E-state index in [4.69, 9.17) is 0 Å². The van der Waals surface area contributed by atoms with Gasteiger partial charge in [-0.05, 0) is 12.5 Å². The molecule has 0 bridgehead atoms. The Kier molecular flexibility index (Phi) is 6.87. The molecule has 0 saturated carbocycles. The number of hydrogen-bond donors (Lipinski definition) is 3. The summed E-state index contributed by atoms with van der Waals surface area (Å²) in [4.78, 5) is 23.0. The first-order valence-electron chi connectivity index (χ1n) is 6.52. The minimum Gasteiger partial charge on any atom is -0.480 e. The van der Waals surface area contributed by atoms with E-state index in [9.17, 15) is 18.9 Å². The number of rotatable bonds is 7. The Bertz CT molecular complexity index is 507. The van der Waals surface area contributed by atoms with Crippen LogP contribution in [0.25, 0.3) is 0 Å². The van der Waals surface area contributed by atoms with E-state index >= 15 is 0 Å². The highest BCUT2D eigenvalue weighted by molar-refractivity contribution is 7.84. The van der Waals surface area contributed by atoms with Gasteiger partial charge in [0.15, 0.2) is 0 Å². The fourth-order valence-electron chi connectivity index (χ4n) is 1.87. The Balaban J connectivity index is 2.56. The lowest BCUT2D eigenvalue weighted by atomic mass is 10.1. The van der Waals surface area contributed by atoms with Gasteiger partial charge < -0.3 is 15.7 Å². The number of carboxylic acid groups (broad SMARTS) is 1. The molecular weight excluding hydrogens is 292 g/mol. The van der Waals surface area contributed by atoms with E-state index in [1.807, 2.05) is 18.2 Å². The summed E-state index contributed by atoms with van der Waals surface area (Å²) in [7, 11) is -1.02. The lowest BCUT2D eigenvalue weighted by Crippen LogP contribution is -2.50. The number of amides is 2. The van der Waals surface area contributed by atoms with Gasteiger partial charge >= 0.3 is 12.0 Å². The maximum absolute atomic E-state index is 11.8. The monoisotopic (exact) mass is 312 g/mol. The van der Waals surface area contributed by atoms with Gasteiger partial charge in [0.2, 0.25) is 0 Å². The Labute approximate surface area is 126 Å². The van der Waals surface area contributed by atoms with Gasteiger partial charge in [-0.2, -0.15) is 0 Å². The Hall–Kier alpha value is -1.89. The van der Waals surface area contributed by atoms with Crippen LogP contribution in [0.2, 0.25) is 0 Å². The molecule has 21 heavy (non-hydrogen) atoms. The third-order valence-electron chi connectivity index (χ3n) is 2.75. The molecule has 1 aromatic carbocycles. The third kappa shape index (κ3) is 6.89. The van der Waals surface area contributed by atoms with E-state index in [1.165, 1.54) is 0 Å². The molecule has 1 rings (SSSR count). The molecule has 2 amide bonds. The third-order valence-corrected chi connectivity index (χ3v) is 3.72. The molecule has 1 aromatic rings. The maximum Gasteiger partial charge on any atom is 0.326 e. The molecule has 0 spiro atoms. The largest absolute Gasteiger partial charge is 0.480 e. The van der Waals surface area contributed by atoms with Crippen molar-refractivity contribution in [1.29, 1.82) is 0 Å². The van der Waals surface area contributed by atoms with Crippen LogP contribution in [0.4, 0.5) is 4.79 Å². The highest BCUT2D eigenvalue weighted by atomic mass is 32.2. The van der Waals surface area contributed by atoms with Crippen LogP contribution < -0.4 is 10.6 Å². The molecule has 3 atom stereocenters. The molecule has 0 aliphatic carbocycles. The first-order valence-corrected chi connectivity index (χ1v) is 8.25. The summed E-state index contributed by atoms with van der Waals surface area (Å²) in [5, 5.41) is 14.2. The number of nitrogens with one attached hydrogen (secondary N) is 2. The van der Waals surface area contributed by atoms with E-state index in [-0.39, 0.29) is 12.5 Å². The van der Waals surface area contributed by atoms with Crippen molar-refractivity contribution >= 4 is 22.8 Å². The van der Waals surface area contributed by atoms with Gasteiger partial charge in [-0.3, -0.25) is 4.21 Å². The first-order chi connectivity index (χ1) is 9.88. The molecule has 0 saturated heterocycles. The van der Waals surface area contributed by atoms with Gasteiger partial charge in [-0.15, -0.1) is 0 Å². The second kappa shape index (κ2) is 8.41. The number of benzene rings is 1. The van der Waals surface area contributed by atoms with E-state index < -0.39 is 28.8 Å². The fraction of sp³-hybridized carbons (Fsp3) is 0.429. The van der Waals surface area contributed by atoms with E-state index in [2.05, 4.69) is 10.6 Å². The molecule has 6 nitrogen and oxygen atoms in total. The number of aliphatic carboxylic acids is 1. The Morgan fingerprint density at radius 3 is 2.38 bits per heavy atom. The predicted molar refractivity (Wildman–Crippen MR) is 81.6 cm³/mol. The second-order valence-corrected chi connectivity index (χ2v) is 6.32. The lowest BCUT2D eigenvalue weighted by molar-refractivity contribution is -0.139. The normalized spacial score (nSPS) is 14.8. The van der Waals surface area contributed by atoms with Crippen molar-refractivity contribution in [1.82, 2.24) is 10.6 Å². The van der Waals surface area contributed by atoms with Crippen molar-refractivity contribution in [2.45, 2.75) is 25.4 Å². The zero-order valence-corrected chi connectivity index (χ0v) is 12.9. The SMILES string of the molecule is CC(CS(C)=O)NC(=O)NC(Cc1ccccc1)C(=O)O. The van der Waals surface area contributed by atoms with Crippen LogP contribution in [-0.4, -0.2) is 45.4 Å². The average molecular weight is 312 g/mol. The van der Waals surface area contributed by atoms with Crippen LogP contribution >= 0.6 is 0 Å². The molecule has 0 fully saturated rings. The van der Waals surface area contributed by atoms with Crippen LogP contribution in [0.5, 0.6) is 0 Å². The Morgan fingerprint density at radius 2 is 1.86 bits per heavy atom. The van der Waals surface area contributed by atoms with Crippen molar-refractivity contribution in [2.24, 2.45) is 0 Å². The van der Waals surface area contributed by atoms with Crippen molar-refractivity contribution in [3.8, 4) is 0 Å². The minimum absolute atomic E-state index is 0.206. The van der Waals surface area contributed by atoms with Gasteiger partial charge in [0, 0.05) is 35.3 Å². The molecule has 0 radical (unpaired) electrons. The number of carbonyl (C=O) groups is 2. The number of carboxylic acids is 1. The zero-order chi connectivity index (χ0) is 15.8. The standard InChI is InChI=1S/C14H20N2O4S/c1-10(9-21(2)20)15-14(19)16-12(13(17)18)8-11-6-4-3-5-7-11/h3-7,10,12H,8-9H2,1-2H3,(H,17,18)(H2,15,16,19). The summed E-state index contributed by atoms with van der Waals surface area (Å²) in [5.41, 5.74) is 0.827. The van der Waals surface area contributed by atoms with Crippen LogP contribution in [-0.2, 0) is 22.0 Å². The zero-order valence-electron chi connectivity index (χ0n) is 12.0. The summed E-state index contributed by atoms with van der Waals surface area (Å²) in [6.45, 7) is 1.72. The van der Waals surface area contributed by atoms with Crippen LogP contribution in [0.15, 0.2) is 30.3 Å². The summed E-state index contributed by atoms with van der Waals surface area (Å²) >= 11 is 0. The lowest BCUT2D eigenvalue weighted by Gasteiger charge is -2.18. The smallest absolute Gasteiger partial charge is 0.326 e. The molecule has 3 N–H and O–H groups in total. The van der Waals surface area contributed by atoms with Crippen LogP contribution in [0, 0.1) is 0 Å². The minimum atomic E-state index is -1.10. The van der Waals surface area contributed by atoms with E-state index in [0.29, 0.717) is 5.75 Å². The van der Waals surface area contributed by atoms with Crippen molar-refractivity contribution in [3.05, 3.63) is 35.9 Å². The summed E-state index contributed by atoms with van der Waals surface area (Å²) in [6, 6.07) is 7.20. The molecule has 0 heterocycles. The molecule has 7 heteroatoms. The van der Waals surface area contributed by atoms with Crippen molar-refractivity contribution < 1.29 is 18.9 Å². The van der Waals surface area contributed by atoms with Crippen LogP contribution in [0.3, 0.4) is 0 Å². The van der Waals surface area contributed by atoms with Crippen molar-refractivity contribution in [2.75, 3.05) is 12.0 Å².